The van der Waals surface area contributed by atoms with Gasteiger partial charge in [-0.15, -0.1) is 0 Å². The second kappa shape index (κ2) is 5.72. The summed E-state index contributed by atoms with van der Waals surface area (Å²) < 4.78 is 25.4. The maximum absolute atomic E-state index is 12.3. The van der Waals surface area contributed by atoms with Crippen molar-refractivity contribution in [2.24, 2.45) is 0 Å². The Morgan fingerprint density at radius 2 is 1.94 bits per heavy atom. The van der Waals surface area contributed by atoms with E-state index in [4.69, 9.17) is 0 Å². The van der Waals surface area contributed by atoms with Crippen molar-refractivity contribution >= 4 is 25.8 Å². The highest BCUT2D eigenvalue weighted by molar-refractivity contribution is 9.10. The number of hydrogen-bond donors (Lipinski definition) is 1. The van der Waals surface area contributed by atoms with Crippen molar-refractivity contribution in [1.82, 2.24) is 0 Å². The molecule has 18 heavy (non-hydrogen) atoms. The molecule has 1 N–H and O–H groups in total. The fourth-order valence-electron chi connectivity index (χ4n) is 1.84. The van der Waals surface area contributed by atoms with Crippen LogP contribution in [0, 0.1) is 0 Å². The lowest BCUT2D eigenvalue weighted by Crippen LogP contribution is -2.30. The Labute approximate surface area is 117 Å². The lowest BCUT2D eigenvalue weighted by Gasteiger charge is -2.18. The number of sulfone groups is 1. The van der Waals surface area contributed by atoms with Crippen LogP contribution in [0.1, 0.15) is 32.8 Å². The lowest BCUT2D eigenvalue weighted by molar-refractivity contribution is 0.105. The molecule has 0 saturated heterocycles. The molecule has 3 nitrogen and oxygen atoms in total. The van der Waals surface area contributed by atoms with Gasteiger partial charge in [0.15, 0.2) is 9.84 Å². The van der Waals surface area contributed by atoms with Gasteiger partial charge in [0.1, 0.15) is 0 Å². The second-order valence-electron chi connectivity index (χ2n) is 5.07. The molecule has 0 aliphatic rings. The predicted octanol–water partition coefficient (Wildman–Crippen LogP) is 2.95. The van der Waals surface area contributed by atoms with Gasteiger partial charge < -0.3 is 5.11 Å². The highest BCUT2D eigenvalue weighted by Gasteiger charge is 2.27. The van der Waals surface area contributed by atoms with Gasteiger partial charge in [0, 0.05) is 4.47 Å². The molecule has 0 atom stereocenters. The zero-order chi connectivity index (χ0) is 14.0. The highest BCUT2D eigenvalue weighted by atomic mass is 79.9. The van der Waals surface area contributed by atoms with E-state index in [1.54, 1.807) is 6.07 Å². The minimum absolute atomic E-state index is 0.271. The normalized spacial score (nSPS) is 12.7. The molecule has 0 aliphatic carbocycles. The van der Waals surface area contributed by atoms with E-state index in [2.05, 4.69) is 15.9 Å². The van der Waals surface area contributed by atoms with Gasteiger partial charge in [-0.1, -0.05) is 35.3 Å². The maximum atomic E-state index is 12.3. The summed E-state index contributed by atoms with van der Waals surface area (Å²) >= 11 is 3.29. The van der Waals surface area contributed by atoms with Crippen LogP contribution in [0.25, 0.3) is 0 Å². The van der Waals surface area contributed by atoms with Crippen LogP contribution >= 0.6 is 15.9 Å². The van der Waals surface area contributed by atoms with Crippen LogP contribution in [0.2, 0.25) is 0 Å². The Kier molecular flexibility index (Phi) is 4.98. The molecule has 0 heterocycles. The van der Waals surface area contributed by atoms with Crippen molar-refractivity contribution < 1.29 is 13.5 Å². The van der Waals surface area contributed by atoms with Crippen LogP contribution in [-0.2, 0) is 16.3 Å². The summed E-state index contributed by atoms with van der Waals surface area (Å²) in [7, 11) is -3.47. The molecule has 0 fully saturated rings. The molecule has 0 bridgehead atoms. The Morgan fingerprint density at radius 1 is 1.33 bits per heavy atom. The fourth-order valence-corrected chi connectivity index (χ4v) is 4.31. The molecule has 5 heteroatoms. The number of rotatable bonds is 5. The summed E-state index contributed by atoms with van der Waals surface area (Å²) in [6, 6.07) is 5.28. The summed E-state index contributed by atoms with van der Waals surface area (Å²) in [5.41, 5.74) is -0.421. The van der Waals surface area contributed by atoms with Crippen LogP contribution in [0.15, 0.2) is 27.6 Å². The topological polar surface area (TPSA) is 54.4 Å². The standard InChI is InChI=1S/C13H19BrO3S/c1-4-5-10-6-7-11(14)8-12(10)18(16,17)9-13(2,3)15/h6-8,15H,4-5,9H2,1-3H3. The van der Waals surface area contributed by atoms with Gasteiger partial charge in [-0.3, -0.25) is 0 Å². The van der Waals surface area contributed by atoms with Crippen LogP contribution in [0.5, 0.6) is 0 Å². The van der Waals surface area contributed by atoms with E-state index in [1.165, 1.54) is 13.8 Å². The largest absolute Gasteiger partial charge is 0.389 e. The minimum atomic E-state index is -3.47. The first-order valence-electron chi connectivity index (χ1n) is 5.89. The molecule has 1 rings (SSSR count). The predicted molar refractivity (Wildman–Crippen MR) is 76.5 cm³/mol. The van der Waals surface area contributed by atoms with Crippen LogP contribution < -0.4 is 0 Å². The Hall–Kier alpha value is -0.390. The van der Waals surface area contributed by atoms with E-state index in [0.717, 1.165) is 16.5 Å². The van der Waals surface area contributed by atoms with Gasteiger partial charge in [-0.05, 0) is 38.0 Å². The average Bonchev–Trinajstić information content (AvgIpc) is 2.17. The molecule has 0 aromatic heterocycles. The molecule has 0 spiro atoms. The van der Waals surface area contributed by atoms with E-state index < -0.39 is 15.4 Å². The zero-order valence-corrected chi connectivity index (χ0v) is 13.3. The molecule has 102 valence electrons. The van der Waals surface area contributed by atoms with Gasteiger partial charge in [-0.2, -0.15) is 0 Å². The van der Waals surface area contributed by atoms with E-state index in [0.29, 0.717) is 11.3 Å². The molecule has 1 aromatic rings. The second-order valence-corrected chi connectivity index (χ2v) is 7.95. The average molecular weight is 335 g/mol. The number of benzene rings is 1. The van der Waals surface area contributed by atoms with E-state index in [1.807, 2.05) is 19.1 Å². The Balaban J connectivity index is 3.26. The fraction of sp³-hybridized carbons (Fsp3) is 0.538. The van der Waals surface area contributed by atoms with Crippen molar-refractivity contribution in [3.05, 3.63) is 28.2 Å². The molecule has 0 saturated carbocycles. The summed E-state index contributed by atoms with van der Waals surface area (Å²) in [5, 5.41) is 9.71. The monoisotopic (exact) mass is 334 g/mol. The van der Waals surface area contributed by atoms with Crippen molar-refractivity contribution in [2.45, 2.75) is 44.1 Å². The van der Waals surface area contributed by atoms with E-state index in [9.17, 15) is 13.5 Å². The van der Waals surface area contributed by atoms with Crippen molar-refractivity contribution in [2.75, 3.05) is 5.75 Å². The van der Waals surface area contributed by atoms with E-state index in [-0.39, 0.29) is 5.75 Å². The van der Waals surface area contributed by atoms with Crippen molar-refractivity contribution in [3.8, 4) is 0 Å². The third kappa shape index (κ3) is 4.37. The Bertz CT molecular complexity index is 516. The van der Waals surface area contributed by atoms with Crippen LogP contribution in [-0.4, -0.2) is 24.9 Å². The maximum Gasteiger partial charge on any atom is 0.181 e. The zero-order valence-electron chi connectivity index (χ0n) is 10.9. The minimum Gasteiger partial charge on any atom is -0.389 e. The van der Waals surface area contributed by atoms with Gasteiger partial charge in [0.05, 0.1) is 16.2 Å². The summed E-state index contributed by atoms with van der Waals surface area (Å²) in [6.45, 7) is 5.01. The number of aliphatic hydroxyl groups is 1. The van der Waals surface area contributed by atoms with Crippen LogP contribution in [0.3, 0.4) is 0 Å². The number of hydrogen-bond acceptors (Lipinski definition) is 3. The van der Waals surface area contributed by atoms with E-state index >= 15 is 0 Å². The highest BCUT2D eigenvalue weighted by Crippen LogP contribution is 2.25. The van der Waals surface area contributed by atoms with Crippen molar-refractivity contribution in [1.29, 1.82) is 0 Å². The molecular formula is C13H19BrO3S. The smallest absolute Gasteiger partial charge is 0.181 e. The molecule has 1 aromatic carbocycles. The third-order valence-electron chi connectivity index (χ3n) is 2.43. The first-order chi connectivity index (χ1) is 8.15. The number of halogens is 1. The molecular weight excluding hydrogens is 316 g/mol. The van der Waals surface area contributed by atoms with Gasteiger partial charge in [-0.25, -0.2) is 8.42 Å². The van der Waals surface area contributed by atoms with Gasteiger partial charge in [0.25, 0.3) is 0 Å². The number of aryl methyl sites for hydroxylation is 1. The quantitative estimate of drug-likeness (QED) is 0.900. The summed E-state index contributed by atoms with van der Waals surface area (Å²) in [5.74, 6) is -0.271. The Morgan fingerprint density at radius 3 is 2.44 bits per heavy atom. The van der Waals surface area contributed by atoms with Gasteiger partial charge in [0.2, 0.25) is 0 Å². The first-order valence-corrected chi connectivity index (χ1v) is 8.34. The lowest BCUT2D eigenvalue weighted by atomic mass is 10.1. The molecule has 0 unspecified atom stereocenters. The summed E-state index contributed by atoms with van der Waals surface area (Å²) in [4.78, 5) is 0.320. The molecule has 0 radical (unpaired) electrons. The first kappa shape index (κ1) is 15.7. The van der Waals surface area contributed by atoms with Crippen molar-refractivity contribution in [3.63, 3.8) is 0 Å². The van der Waals surface area contributed by atoms with Gasteiger partial charge >= 0.3 is 0 Å². The SMILES string of the molecule is CCCc1ccc(Br)cc1S(=O)(=O)CC(C)(C)O. The molecule has 0 amide bonds. The van der Waals surface area contributed by atoms with Crippen LogP contribution in [0.4, 0.5) is 0 Å². The summed E-state index contributed by atoms with van der Waals surface area (Å²) in [6.07, 6.45) is 1.60. The molecule has 0 aliphatic heterocycles. The third-order valence-corrected chi connectivity index (χ3v) is 5.06.